The van der Waals surface area contributed by atoms with Crippen LogP contribution in [0.4, 0.5) is 0 Å². The highest BCUT2D eigenvalue weighted by Crippen LogP contribution is 2.35. The van der Waals surface area contributed by atoms with Gasteiger partial charge >= 0.3 is 0 Å². The van der Waals surface area contributed by atoms with Crippen molar-refractivity contribution in [3.63, 3.8) is 0 Å². The van der Waals surface area contributed by atoms with Crippen molar-refractivity contribution in [3.05, 3.63) is 84.9 Å². The van der Waals surface area contributed by atoms with E-state index in [1.165, 1.54) is 0 Å². The van der Waals surface area contributed by atoms with Crippen LogP contribution in [-0.2, 0) is 0 Å². The van der Waals surface area contributed by atoms with Crippen LogP contribution in [0.1, 0.15) is 0 Å². The van der Waals surface area contributed by atoms with E-state index in [1.807, 2.05) is 42.5 Å². The predicted molar refractivity (Wildman–Crippen MR) is 106 cm³/mol. The molecule has 2 heterocycles. The van der Waals surface area contributed by atoms with Crippen molar-refractivity contribution >= 4 is 43.9 Å². The summed E-state index contributed by atoms with van der Waals surface area (Å²) in [4.78, 5) is 0. The molecule has 0 radical (unpaired) electrons. The highest BCUT2D eigenvalue weighted by molar-refractivity contribution is 6.08. The van der Waals surface area contributed by atoms with Crippen molar-refractivity contribution in [1.82, 2.24) is 0 Å². The van der Waals surface area contributed by atoms with Gasteiger partial charge < -0.3 is 8.83 Å². The summed E-state index contributed by atoms with van der Waals surface area (Å²) in [5.41, 5.74) is 5.99. The Labute approximate surface area is 149 Å². The standard InChI is InChI=1S/C24H14O2/c1-3-7-21-17(5-1)19-11-9-16(14-24(19)26-21)15-10-12-23-20(13-15)18-6-2-4-8-22(18)25-23/h1-14H. The van der Waals surface area contributed by atoms with E-state index in [0.717, 1.165) is 55.0 Å². The van der Waals surface area contributed by atoms with Crippen LogP contribution < -0.4 is 0 Å². The Morgan fingerprint density at radius 2 is 0.923 bits per heavy atom. The Balaban J connectivity index is 1.59. The van der Waals surface area contributed by atoms with Gasteiger partial charge in [0.2, 0.25) is 0 Å². The van der Waals surface area contributed by atoms with Gasteiger partial charge in [0.05, 0.1) is 0 Å². The minimum Gasteiger partial charge on any atom is -0.456 e. The van der Waals surface area contributed by atoms with Crippen LogP contribution in [0.25, 0.3) is 55.0 Å². The lowest BCUT2D eigenvalue weighted by Gasteiger charge is -2.02. The fourth-order valence-corrected chi connectivity index (χ4v) is 3.81. The first-order valence-corrected chi connectivity index (χ1v) is 8.70. The first-order valence-electron chi connectivity index (χ1n) is 8.70. The Morgan fingerprint density at radius 3 is 1.73 bits per heavy atom. The first-order chi connectivity index (χ1) is 12.9. The molecule has 6 rings (SSSR count). The lowest BCUT2D eigenvalue weighted by Crippen LogP contribution is -1.78. The molecule has 0 aliphatic heterocycles. The molecule has 4 aromatic carbocycles. The summed E-state index contributed by atoms with van der Waals surface area (Å²) in [6.45, 7) is 0. The maximum atomic E-state index is 6.04. The Hall–Kier alpha value is -3.52. The van der Waals surface area contributed by atoms with Crippen molar-refractivity contribution in [2.45, 2.75) is 0 Å². The molecule has 26 heavy (non-hydrogen) atoms. The van der Waals surface area contributed by atoms with E-state index in [-0.39, 0.29) is 0 Å². The number of hydrogen-bond donors (Lipinski definition) is 0. The SMILES string of the molecule is c1ccc2c(c1)oc1cc(-c3ccc4oc5ccccc5c4c3)ccc12. The molecule has 0 unspecified atom stereocenters. The highest BCUT2D eigenvalue weighted by Gasteiger charge is 2.10. The fraction of sp³-hybridized carbons (Fsp3) is 0. The Bertz CT molecular complexity index is 1430. The second-order valence-corrected chi connectivity index (χ2v) is 6.62. The number of para-hydroxylation sites is 2. The van der Waals surface area contributed by atoms with Gasteiger partial charge in [-0.2, -0.15) is 0 Å². The molecule has 0 N–H and O–H groups in total. The van der Waals surface area contributed by atoms with E-state index in [9.17, 15) is 0 Å². The lowest BCUT2D eigenvalue weighted by molar-refractivity contribution is 0.669. The van der Waals surface area contributed by atoms with Crippen molar-refractivity contribution in [1.29, 1.82) is 0 Å². The average Bonchev–Trinajstić information content (AvgIpc) is 3.25. The third kappa shape index (κ3) is 1.87. The van der Waals surface area contributed by atoms with Crippen LogP contribution >= 0.6 is 0 Å². The van der Waals surface area contributed by atoms with Crippen LogP contribution in [-0.4, -0.2) is 0 Å². The Kier molecular flexibility index (Phi) is 2.64. The molecule has 0 fully saturated rings. The minimum absolute atomic E-state index is 0.916. The molecule has 0 spiro atoms. The summed E-state index contributed by atoms with van der Waals surface area (Å²) in [7, 11) is 0. The molecule has 6 aromatic rings. The van der Waals surface area contributed by atoms with Gasteiger partial charge in [-0.05, 0) is 47.5 Å². The molecule has 2 nitrogen and oxygen atoms in total. The van der Waals surface area contributed by atoms with Crippen LogP contribution in [0.2, 0.25) is 0 Å². The summed E-state index contributed by atoms with van der Waals surface area (Å²) in [6, 6.07) is 29.1. The average molecular weight is 334 g/mol. The number of furan rings is 2. The molecule has 0 amide bonds. The summed E-state index contributed by atoms with van der Waals surface area (Å²) < 4.78 is 12.0. The van der Waals surface area contributed by atoms with E-state index >= 15 is 0 Å². The van der Waals surface area contributed by atoms with Gasteiger partial charge in [0.25, 0.3) is 0 Å². The number of hydrogen-bond acceptors (Lipinski definition) is 2. The molecule has 0 saturated carbocycles. The summed E-state index contributed by atoms with van der Waals surface area (Å²) in [6.07, 6.45) is 0. The summed E-state index contributed by atoms with van der Waals surface area (Å²) in [5, 5.41) is 4.60. The second-order valence-electron chi connectivity index (χ2n) is 6.62. The topological polar surface area (TPSA) is 26.3 Å². The van der Waals surface area contributed by atoms with Crippen molar-refractivity contribution < 1.29 is 8.83 Å². The first kappa shape index (κ1) is 13.7. The molecule has 0 aliphatic carbocycles. The molecule has 2 heteroatoms. The van der Waals surface area contributed by atoms with Gasteiger partial charge in [0.15, 0.2) is 0 Å². The lowest BCUT2D eigenvalue weighted by atomic mass is 10.0. The third-order valence-corrected chi connectivity index (χ3v) is 5.09. The van der Waals surface area contributed by atoms with Gasteiger partial charge in [0.1, 0.15) is 22.3 Å². The molecular formula is C24H14O2. The van der Waals surface area contributed by atoms with Crippen LogP contribution in [0, 0.1) is 0 Å². The molecule has 0 atom stereocenters. The molecule has 2 aromatic heterocycles. The smallest absolute Gasteiger partial charge is 0.136 e. The van der Waals surface area contributed by atoms with Crippen LogP contribution in [0.5, 0.6) is 0 Å². The monoisotopic (exact) mass is 334 g/mol. The number of benzene rings is 4. The van der Waals surface area contributed by atoms with Crippen molar-refractivity contribution in [2.75, 3.05) is 0 Å². The zero-order chi connectivity index (χ0) is 17.1. The zero-order valence-electron chi connectivity index (χ0n) is 13.9. The number of fused-ring (bicyclic) bond motifs is 6. The van der Waals surface area contributed by atoms with Crippen molar-refractivity contribution in [2.24, 2.45) is 0 Å². The van der Waals surface area contributed by atoms with Gasteiger partial charge in [-0.15, -0.1) is 0 Å². The maximum Gasteiger partial charge on any atom is 0.136 e. The summed E-state index contributed by atoms with van der Waals surface area (Å²) in [5.74, 6) is 0. The third-order valence-electron chi connectivity index (χ3n) is 5.09. The van der Waals surface area contributed by atoms with E-state index < -0.39 is 0 Å². The molecular weight excluding hydrogens is 320 g/mol. The largest absolute Gasteiger partial charge is 0.456 e. The molecule has 0 saturated heterocycles. The summed E-state index contributed by atoms with van der Waals surface area (Å²) >= 11 is 0. The zero-order valence-corrected chi connectivity index (χ0v) is 13.9. The van der Waals surface area contributed by atoms with Crippen molar-refractivity contribution in [3.8, 4) is 11.1 Å². The van der Waals surface area contributed by atoms with E-state index in [0.29, 0.717) is 0 Å². The van der Waals surface area contributed by atoms with Crippen LogP contribution in [0.3, 0.4) is 0 Å². The normalized spacial score (nSPS) is 11.8. The van der Waals surface area contributed by atoms with Gasteiger partial charge in [-0.3, -0.25) is 0 Å². The second kappa shape index (κ2) is 4.99. The van der Waals surface area contributed by atoms with Gasteiger partial charge in [-0.25, -0.2) is 0 Å². The Morgan fingerprint density at radius 1 is 0.385 bits per heavy atom. The van der Waals surface area contributed by atoms with Gasteiger partial charge in [-0.1, -0.05) is 48.5 Å². The molecule has 0 bridgehead atoms. The fourth-order valence-electron chi connectivity index (χ4n) is 3.81. The van der Waals surface area contributed by atoms with E-state index in [2.05, 4.69) is 42.5 Å². The van der Waals surface area contributed by atoms with E-state index in [1.54, 1.807) is 0 Å². The van der Waals surface area contributed by atoms with Gasteiger partial charge in [0, 0.05) is 21.5 Å². The van der Waals surface area contributed by atoms with E-state index in [4.69, 9.17) is 8.83 Å². The minimum atomic E-state index is 0.916. The van der Waals surface area contributed by atoms with Crippen LogP contribution in [0.15, 0.2) is 93.8 Å². The number of rotatable bonds is 1. The predicted octanol–water partition coefficient (Wildman–Crippen LogP) is 7.15. The maximum absolute atomic E-state index is 6.04. The molecule has 122 valence electrons. The quantitative estimate of drug-likeness (QED) is 0.319. The highest BCUT2D eigenvalue weighted by atomic mass is 16.3. The molecule has 0 aliphatic rings.